The average Bonchev–Trinajstić information content (AvgIpc) is 2.58. The zero-order valence-corrected chi connectivity index (χ0v) is 14.6. The fraction of sp³-hybridized carbons (Fsp3) is 0.200. The second-order valence-electron chi connectivity index (χ2n) is 6.67. The van der Waals surface area contributed by atoms with Crippen molar-refractivity contribution in [1.82, 2.24) is 0 Å². The fourth-order valence-electron chi connectivity index (χ4n) is 2.42. The highest BCUT2D eigenvalue weighted by Gasteiger charge is 2.24. The smallest absolute Gasteiger partial charge is 0.382 e. The van der Waals surface area contributed by atoms with Crippen LogP contribution in [0.1, 0.15) is 31.1 Å². The Morgan fingerprint density at radius 2 is 1.73 bits per heavy atom. The molecule has 3 aromatic rings. The number of ether oxygens (including phenoxy) is 2. The molecule has 0 aliphatic carbocycles. The van der Waals surface area contributed by atoms with Crippen molar-refractivity contribution in [3.8, 4) is 17.2 Å². The summed E-state index contributed by atoms with van der Waals surface area (Å²) in [5, 5.41) is 10.4. The van der Waals surface area contributed by atoms with Gasteiger partial charge in [-0.2, -0.15) is 0 Å². The maximum Gasteiger partial charge on any atom is 0.382 e. The summed E-state index contributed by atoms with van der Waals surface area (Å²) in [4.78, 5) is 24.3. The second-order valence-corrected chi connectivity index (χ2v) is 6.67. The van der Waals surface area contributed by atoms with Gasteiger partial charge in [0, 0.05) is 0 Å². The molecule has 0 aliphatic heterocycles. The first kappa shape index (κ1) is 17.5. The van der Waals surface area contributed by atoms with Crippen molar-refractivity contribution < 1.29 is 23.8 Å². The van der Waals surface area contributed by atoms with Gasteiger partial charge in [-0.1, -0.05) is 24.3 Å². The Hall–Kier alpha value is -3.28. The number of rotatable bonds is 3. The highest BCUT2D eigenvalue weighted by atomic mass is 16.5. The number of aromatic hydroxyl groups is 1. The lowest BCUT2D eigenvalue weighted by molar-refractivity contribution is 0.0730. The SMILES string of the molecule is CC(C)(C)Oc1cccc2oc(=O)c(O)c(OC(=O)c3ccccc3)c12. The molecule has 134 valence electrons. The average molecular weight is 354 g/mol. The van der Waals surface area contributed by atoms with E-state index in [4.69, 9.17) is 13.9 Å². The van der Waals surface area contributed by atoms with Crippen LogP contribution >= 0.6 is 0 Å². The highest BCUT2D eigenvalue weighted by Crippen LogP contribution is 2.39. The number of fused-ring (bicyclic) bond motifs is 1. The molecular formula is C20H18O6. The molecule has 3 rings (SSSR count). The Bertz CT molecular complexity index is 1010. The molecule has 6 heteroatoms. The van der Waals surface area contributed by atoms with Gasteiger partial charge in [0.05, 0.1) is 5.56 Å². The van der Waals surface area contributed by atoms with Crippen molar-refractivity contribution in [3.05, 3.63) is 64.5 Å². The van der Waals surface area contributed by atoms with Gasteiger partial charge in [-0.15, -0.1) is 0 Å². The lowest BCUT2D eigenvalue weighted by Crippen LogP contribution is -2.23. The van der Waals surface area contributed by atoms with E-state index >= 15 is 0 Å². The molecule has 0 atom stereocenters. The van der Waals surface area contributed by atoms with Crippen molar-refractivity contribution in [1.29, 1.82) is 0 Å². The third-order valence-electron chi connectivity index (χ3n) is 3.45. The number of carbonyl (C=O) groups is 1. The van der Waals surface area contributed by atoms with Crippen molar-refractivity contribution in [2.75, 3.05) is 0 Å². The third-order valence-corrected chi connectivity index (χ3v) is 3.45. The van der Waals surface area contributed by atoms with E-state index in [-0.39, 0.29) is 22.3 Å². The molecule has 6 nitrogen and oxygen atoms in total. The maximum absolute atomic E-state index is 12.4. The molecule has 1 N–H and O–H groups in total. The van der Waals surface area contributed by atoms with E-state index in [9.17, 15) is 14.7 Å². The summed E-state index contributed by atoms with van der Waals surface area (Å²) in [5.74, 6) is -1.46. The van der Waals surface area contributed by atoms with Crippen LogP contribution in [0.2, 0.25) is 0 Å². The Balaban J connectivity index is 2.18. The zero-order chi connectivity index (χ0) is 18.9. The second kappa shape index (κ2) is 6.55. The Labute approximate surface area is 149 Å². The molecule has 0 unspecified atom stereocenters. The highest BCUT2D eigenvalue weighted by molar-refractivity contribution is 5.97. The predicted molar refractivity (Wildman–Crippen MR) is 95.9 cm³/mol. The van der Waals surface area contributed by atoms with Gasteiger partial charge in [-0.25, -0.2) is 9.59 Å². The minimum atomic E-state index is -0.999. The molecule has 0 spiro atoms. The van der Waals surface area contributed by atoms with Gasteiger partial charge in [0.15, 0.2) is 5.75 Å². The van der Waals surface area contributed by atoms with E-state index in [0.717, 1.165) is 0 Å². The first-order valence-electron chi connectivity index (χ1n) is 8.01. The summed E-state index contributed by atoms with van der Waals surface area (Å²) in [6, 6.07) is 13.1. The molecule has 1 heterocycles. The molecule has 26 heavy (non-hydrogen) atoms. The Morgan fingerprint density at radius 1 is 1.04 bits per heavy atom. The summed E-state index contributed by atoms with van der Waals surface area (Å²) < 4.78 is 16.3. The Kier molecular flexibility index (Phi) is 4.42. The summed E-state index contributed by atoms with van der Waals surface area (Å²) in [5.41, 5.74) is -1.13. The van der Waals surface area contributed by atoms with E-state index < -0.39 is 22.9 Å². The molecule has 0 radical (unpaired) electrons. The van der Waals surface area contributed by atoms with E-state index in [0.29, 0.717) is 5.75 Å². The van der Waals surface area contributed by atoms with E-state index in [2.05, 4.69) is 0 Å². The molecule has 0 saturated heterocycles. The molecule has 2 aromatic carbocycles. The molecule has 0 amide bonds. The minimum absolute atomic E-state index is 0.144. The van der Waals surface area contributed by atoms with Gasteiger partial charge in [0.2, 0.25) is 5.75 Å². The van der Waals surface area contributed by atoms with Crippen LogP contribution in [-0.4, -0.2) is 16.7 Å². The fourth-order valence-corrected chi connectivity index (χ4v) is 2.42. The van der Waals surface area contributed by atoms with Crippen LogP contribution < -0.4 is 15.1 Å². The van der Waals surface area contributed by atoms with Crippen LogP contribution in [0.3, 0.4) is 0 Å². The van der Waals surface area contributed by atoms with Gasteiger partial charge >= 0.3 is 11.6 Å². The van der Waals surface area contributed by atoms with Gasteiger partial charge in [0.25, 0.3) is 0 Å². The molecular weight excluding hydrogens is 336 g/mol. The van der Waals surface area contributed by atoms with E-state index in [1.54, 1.807) is 42.5 Å². The summed E-state index contributed by atoms with van der Waals surface area (Å²) in [7, 11) is 0. The van der Waals surface area contributed by atoms with Gasteiger partial charge in [0.1, 0.15) is 22.3 Å². The number of hydrogen-bond donors (Lipinski definition) is 1. The number of esters is 1. The molecule has 0 saturated carbocycles. The maximum atomic E-state index is 12.4. The van der Waals surface area contributed by atoms with Crippen LogP contribution in [-0.2, 0) is 0 Å². The molecule has 0 aliphatic rings. The van der Waals surface area contributed by atoms with Crippen molar-refractivity contribution in [2.24, 2.45) is 0 Å². The van der Waals surface area contributed by atoms with Crippen LogP contribution in [0.5, 0.6) is 17.2 Å². The molecule has 1 aromatic heterocycles. The lowest BCUT2D eigenvalue weighted by atomic mass is 10.1. The van der Waals surface area contributed by atoms with Crippen LogP contribution in [0, 0.1) is 0 Å². The normalized spacial score (nSPS) is 11.3. The van der Waals surface area contributed by atoms with Crippen molar-refractivity contribution in [3.63, 3.8) is 0 Å². The number of benzene rings is 2. The summed E-state index contributed by atoms with van der Waals surface area (Å²) in [6.45, 7) is 5.54. The van der Waals surface area contributed by atoms with E-state index in [1.807, 2.05) is 20.8 Å². The van der Waals surface area contributed by atoms with Crippen molar-refractivity contribution in [2.45, 2.75) is 26.4 Å². The quantitative estimate of drug-likeness (QED) is 0.567. The number of carbonyl (C=O) groups excluding carboxylic acids is 1. The molecule has 0 fully saturated rings. The zero-order valence-electron chi connectivity index (χ0n) is 14.6. The monoisotopic (exact) mass is 354 g/mol. The summed E-state index contributed by atoms with van der Waals surface area (Å²) in [6.07, 6.45) is 0. The standard InChI is InChI=1S/C20H18O6/c1-20(2,3)26-14-11-7-10-13-15(14)17(16(21)19(23)24-13)25-18(22)12-8-5-4-6-9-12/h4-11,21H,1-3H3. The largest absolute Gasteiger partial charge is 0.499 e. The lowest BCUT2D eigenvalue weighted by Gasteiger charge is -2.22. The Morgan fingerprint density at radius 3 is 2.38 bits per heavy atom. The first-order valence-corrected chi connectivity index (χ1v) is 8.01. The van der Waals surface area contributed by atoms with Crippen LogP contribution in [0.25, 0.3) is 11.0 Å². The van der Waals surface area contributed by atoms with Gasteiger partial charge in [-0.3, -0.25) is 0 Å². The predicted octanol–water partition coefficient (Wildman–Crippen LogP) is 3.90. The van der Waals surface area contributed by atoms with Crippen molar-refractivity contribution >= 4 is 16.9 Å². The summed E-state index contributed by atoms with van der Waals surface area (Å²) >= 11 is 0. The topological polar surface area (TPSA) is 86.0 Å². The molecule has 0 bridgehead atoms. The van der Waals surface area contributed by atoms with E-state index in [1.165, 1.54) is 6.07 Å². The van der Waals surface area contributed by atoms with Gasteiger partial charge in [-0.05, 0) is 45.0 Å². The van der Waals surface area contributed by atoms with Gasteiger partial charge < -0.3 is 19.0 Å². The first-order chi connectivity index (χ1) is 12.3. The van der Waals surface area contributed by atoms with Crippen LogP contribution in [0.4, 0.5) is 0 Å². The number of hydrogen-bond acceptors (Lipinski definition) is 6. The third kappa shape index (κ3) is 3.54. The van der Waals surface area contributed by atoms with Crippen LogP contribution in [0.15, 0.2) is 57.7 Å². The minimum Gasteiger partial charge on any atom is -0.499 e.